The van der Waals surface area contributed by atoms with Crippen molar-refractivity contribution in [2.75, 3.05) is 0 Å². The van der Waals surface area contributed by atoms with Crippen LogP contribution in [0.25, 0.3) is 0 Å². The van der Waals surface area contributed by atoms with Crippen molar-refractivity contribution >= 4 is 18.3 Å². The van der Waals surface area contributed by atoms with Crippen LogP contribution in [0.5, 0.6) is 5.75 Å². The third-order valence-corrected chi connectivity index (χ3v) is 2.33. The number of hydrogen-bond donors (Lipinski definition) is 3. The number of hydrogen-bond acceptors (Lipinski definition) is 5. The molecule has 2 aromatic rings. The molecule has 0 radical (unpaired) electrons. The molecule has 0 aliphatic rings. The van der Waals surface area contributed by atoms with Crippen LogP contribution in [0.15, 0.2) is 34.9 Å². The van der Waals surface area contributed by atoms with Crippen LogP contribution >= 0.6 is 12.4 Å². The fourth-order valence-corrected chi connectivity index (χ4v) is 1.42. The maximum atomic E-state index is 11.6. The predicted octanol–water partition coefficient (Wildman–Crippen LogP) is 1.55. The summed E-state index contributed by atoms with van der Waals surface area (Å²) in [5.74, 6) is 0.361. The number of nitrogens with one attached hydrogen (secondary N) is 2. The Morgan fingerprint density at radius 3 is 2.79 bits per heavy atom. The highest BCUT2D eigenvalue weighted by atomic mass is 35.5. The number of carbonyl (C=O) groups excluding carboxylic acids is 1. The van der Waals surface area contributed by atoms with E-state index >= 15 is 0 Å². The number of phenolic OH excluding ortho intramolecular Hbond substituents is 1. The number of aromatic hydroxyl groups is 1. The summed E-state index contributed by atoms with van der Waals surface area (Å²) >= 11 is 0. The predicted molar refractivity (Wildman–Crippen MR) is 70.9 cm³/mol. The van der Waals surface area contributed by atoms with Crippen LogP contribution in [0.3, 0.4) is 0 Å². The third-order valence-electron chi connectivity index (χ3n) is 2.33. The first-order valence-electron chi connectivity index (χ1n) is 5.40. The smallest absolute Gasteiger partial charge is 0.287 e. The highest BCUT2D eigenvalue weighted by Gasteiger charge is 2.10. The van der Waals surface area contributed by atoms with Gasteiger partial charge in [0.15, 0.2) is 5.69 Å². The van der Waals surface area contributed by atoms with Gasteiger partial charge in [-0.2, -0.15) is 0 Å². The van der Waals surface area contributed by atoms with Crippen LogP contribution in [0.2, 0.25) is 0 Å². The van der Waals surface area contributed by atoms with E-state index in [1.165, 1.54) is 6.07 Å². The van der Waals surface area contributed by atoms with Crippen LogP contribution in [0.1, 0.15) is 21.8 Å². The van der Waals surface area contributed by atoms with Gasteiger partial charge < -0.3 is 9.63 Å². The Kier molecular flexibility index (Phi) is 5.35. The van der Waals surface area contributed by atoms with E-state index in [2.05, 4.69) is 16.0 Å². The molecular formula is C12H14ClN3O3. The number of aryl methyl sites for hydroxylation is 1. The van der Waals surface area contributed by atoms with Gasteiger partial charge in [-0.25, -0.2) is 5.43 Å². The molecule has 0 bridgehead atoms. The highest BCUT2D eigenvalue weighted by molar-refractivity contribution is 5.91. The Balaban J connectivity index is 0.00000180. The summed E-state index contributed by atoms with van der Waals surface area (Å²) in [6.45, 7) is 2.02. The minimum atomic E-state index is -0.387. The lowest BCUT2D eigenvalue weighted by Crippen LogP contribution is -2.37. The molecule has 102 valence electrons. The number of amides is 1. The molecule has 0 aliphatic heterocycles. The topological polar surface area (TPSA) is 87.4 Å². The van der Waals surface area contributed by atoms with E-state index in [0.29, 0.717) is 17.9 Å². The molecule has 0 aliphatic carbocycles. The molecule has 0 unspecified atom stereocenters. The Bertz CT molecular complexity index is 557. The second-order valence-corrected chi connectivity index (χ2v) is 3.76. The second-order valence-electron chi connectivity index (χ2n) is 3.76. The minimum absolute atomic E-state index is 0. The zero-order chi connectivity index (χ0) is 13.0. The molecule has 1 amide bonds. The van der Waals surface area contributed by atoms with E-state index in [0.717, 1.165) is 0 Å². The molecule has 0 saturated heterocycles. The van der Waals surface area contributed by atoms with Crippen molar-refractivity contribution in [1.29, 1.82) is 0 Å². The van der Waals surface area contributed by atoms with Gasteiger partial charge in [0, 0.05) is 18.2 Å². The van der Waals surface area contributed by atoms with Crippen molar-refractivity contribution in [3.63, 3.8) is 0 Å². The summed E-state index contributed by atoms with van der Waals surface area (Å²) in [6, 6.07) is 8.42. The molecule has 2 rings (SSSR count). The number of phenols is 1. The Morgan fingerprint density at radius 1 is 1.42 bits per heavy atom. The van der Waals surface area contributed by atoms with E-state index in [-0.39, 0.29) is 29.8 Å². The van der Waals surface area contributed by atoms with Gasteiger partial charge in [0.05, 0.1) is 0 Å². The van der Waals surface area contributed by atoms with Crippen molar-refractivity contribution < 1.29 is 14.4 Å². The fraction of sp³-hybridized carbons (Fsp3) is 0.167. The van der Waals surface area contributed by atoms with E-state index in [1.54, 1.807) is 31.2 Å². The van der Waals surface area contributed by atoms with Crippen molar-refractivity contribution in [3.8, 4) is 5.75 Å². The van der Waals surface area contributed by atoms with Crippen LogP contribution in [0.4, 0.5) is 0 Å². The summed E-state index contributed by atoms with van der Waals surface area (Å²) in [5, 5.41) is 13.1. The summed E-state index contributed by atoms with van der Waals surface area (Å²) in [5.41, 5.74) is 6.07. The average Bonchev–Trinajstić information content (AvgIpc) is 2.78. The third kappa shape index (κ3) is 3.97. The van der Waals surface area contributed by atoms with E-state index in [9.17, 15) is 9.90 Å². The standard InChI is InChI=1S/C12H13N3O3.ClH/c1-8-6-10(15-18-8)12(17)14-13-7-9-4-2-3-5-11(9)16;/h2-6,13,16H,7H2,1H3,(H,14,17);1H. The summed E-state index contributed by atoms with van der Waals surface area (Å²) < 4.78 is 4.79. The van der Waals surface area contributed by atoms with Crippen molar-refractivity contribution in [2.45, 2.75) is 13.5 Å². The Hall–Kier alpha value is -2.05. The second kappa shape index (κ2) is 6.77. The van der Waals surface area contributed by atoms with Gasteiger partial charge >= 0.3 is 0 Å². The molecule has 0 fully saturated rings. The van der Waals surface area contributed by atoms with Gasteiger partial charge in [0.2, 0.25) is 0 Å². The van der Waals surface area contributed by atoms with Gasteiger partial charge in [0.25, 0.3) is 5.91 Å². The van der Waals surface area contributed by atoms with E-state index < -0.39 is 0 Å². The van der Waals surface area contributed by atoms with Gasteiger partial charge in [-0.3, -0.25) is 10.2 Å². The number of hydrazine groups is 1. The number of aromatic nitrogens is 1. The van der Waals surface area contributed by atoms with Gasteiger partial charge in [-0.1, -0.05) is 23.4 Å². The normalized spacial score (nSPS) is 9.74. The monoisotopic (exact) mass is 283 g/mol. The molecular weight excluding hydrogens is 270 g/mol. The summed E-state index contributed by atoms with van der Waals surface area (Å²) in [6.07, 6.45) is 0. The zero-order valence-corrected chi connectivity index (χ0v) is 11.0. The molecule has 0 saturated carbocycles. The number of para-hydroxylation sites is 1. The zero-order valence-electron chi connectivity index (χ0n) is 10.2. The first-order chi connectivity index (χ1) is 8.66. The van der Waals surface area contributed by atoms with Gasteiger partial charge in [0.1, 0.15) is 11.5 Å². The van der Waals surface area contributed by atoms with Crippen molar-refractivity contribution in [2.24, 2.45) is 0 Å². The van der Waals surface area contributed by atoms with Gasteiger partial charge in [-0.05, 0) is 13.0 Å². The van der Waals surface area contributed by atoms with Gasteiger partial charge in [-0.15, -0.1) is 12.4 Å². The van der Waals surface area contributed by atoms with Crippen LogP contribution in [-0.2, 0) is 6.54 Å². The van der Waals surface area contributed by atoms with Crippen LogP contribution in [-0.4, -0.2) is 16.2 Å². The lowest BCUT2D eigenvalue weighted by atomic mass is 10.2. The summed E-state index contributed by atoms with van der Waals surface area (Å²) in [7, 11) is 0. The number of halogens is 1. The van der Waals surface area contributed by atoms with E-state index in [4.69, 9.17) is 4.52 Å². The fourth-order valence-electron chi connectivity index (χ4n) is 1.42. The number of benzene rings is 1. The van der Waals surface area contributed by atoms with Crippen LogP contribution < -0.4 is 10.9 Å². The first-order valence-corrected chi connectivity index (χ1v) is 5.40. The summed E-state index contributed by atoms with van der Waals surface area (Å²) in [4.78, 5) is 11.6. The number of rotatable bonds is 4. The quantitative estimate of drug-likeness (QED) is 0.741. The molecule has 19 heavy (non-hydrogen) atoms. The Labute approximate surface area is 116 Å². The maximum absolute atomic E-state index is 11.6. The molecule has 3 N–H and O–H groups in total. The van der Waals surface area contributed by atoms with Crippen molar-refractivity contribution in [3.05, 3.63) is 47.3 Å². The molecule has 1 aromatic heterocycles. The largest absolute Gasteiger partial charge is 0.508 e. The first kappa shape index (κ1) is 15.0. The SMILES string of the molecule is Cc1cc(C(=O)NNCc2ccccc2O)no1.Cl. The lowest BCUT2D eigenvalue weighted by molar-refractivity contribution is 0.0923. The molecule has 7 heteroatoms. The number of nitrogens with zero attached hydrogens (tertiary/aromatic N) is 1. The highest BCUT2D eigenvalue weighted by Crippen LogP contribution is 2.14. The lowest BCUT2D eigenvalue weighted by Gasteiger charge is -2.06. The Morgan fingerprint density at radius 2 is 2.16 bits per heavy atom. The van der Waals surface area contributed by atoms with E-state index in [1.807, 2.05) is 0 Å². The molecule has 1 heterocycles. The molecule has 0 spiro atoms. The van der Waals surface area contributed by atoms with Crippen LogP contribution in [0, 0.1) is 6.92 Å². The minimum Gasteiger partial charge on any atom is -0.508 e. The maximum Gasteiger partial charge on any atom is 0.287 e. The average molecular weight is 284 g/mol. The molecule has 0 atom stereocenters. The number of carbonyl (C=O) groups is 1. The molecule has 1 aromatic carbocycles. The molecule has 6 nitrogen and oxygen atoms in total. The van der Waals surface area contributed by atoms with Crippen molar-refractivity contribution in [1.82, 2.24) is 16.0 Å².